The molecular weight excluding hydrogens is 224 g/mol. The van der Waals surface area contributed by atoms with E-state index in [1.54, 1.807) is 0 Å². The monoisotopic (exact) mass is 246 g/mol. The molecule has 1 N–H and O–H groups in total. The number of H-pyrrole nitrogens is 1. The number of fused-ring (bicyclic) bond motifs is 1. The van der Waals surface area contributed by atoms with Gasteiger partial charge in [-0.1, -0.05) is 34.6 Å². The number of aryl methyl sites for hydroxylation is 1. The molecule has 4 nitrogen and oxygen atoms in total. The Morgan fingerprint density at radius 1 is 1.22 bits per heavy atom. The normalized spacial score (nSPS) is 12.6. The molecule has 0 radical (unpaired) electrons. The molecule has 0 spiro atoms. The minimum absolute atomic E-state index is 0.0358. The second kappa shape index (κ2) is 4.67. The fourth-order valence-corrected chi connectivity index (χ4v) is 1.85. The fraction of sp³-hybridized carbons (Fsp3) is 0.643. The molecule has 0 aliphatic heterocycles. The molecule has 2 aromatic heterocycles. The first-order valence-electron chi connectivity index (χ1n) is 6.58. The van der Waals surface area contributed by atoms with Gasteiger partial charge in [0, 0.05) is 5.41 Å². The summed E-state index contributed by atoms with van der Waals surface area (Å²) in [6.07, 6.45) is 3.96. The molecule has 0 unspecified atom stereocenters. The predicted octanol–water partition coefficient (Wildman–Crippen LogP) is 3.24. The Labute approximate surface area is 108 Å². The van der Waals surface area contributed by atoms with Gasteiger partial charge in [0.25, 0.3) is 0 Å². The number of aromatic nitrogens is 4. The lowest BCUT2D eigenvalue weighted by Crippen LogP contribution is -2.17. The lowest BCUT2D eigenvalue weighted by atomic mass is 9.95. The highest BCUT2D eigenvalue weighted by Gasteiger charge is 2.20. The molecule has 4 heteroatoms. The number of nitrogens with one attached hydrogen (secondary N) is 1. The first-order valence-corrected chi connectivity index (χ1v) is 6.58. The lowest BCUT2D eigenvalue weighted by molar-refractivity contribution is 0.537. The first-order chi connectivity index (χ1) is 8.38. The molecule has 98 valence electrons. The van der Waals surface area contributed by atoms with E-state index in [0.29, 0.717) is 5.92 Å². The van der Waals surface area contributed by atoms with Crippen LogP contribution in [-0.4, -0.2) is 20.2 Å². The van der Waals surface area contributed by atoms with Crippen molar-refractivity contribution in [2.45, 2.75) is 52.9 Å². The number of hydrogen-bond donors (Lipinski definition) is 1. The van der Waals surface area contributed by atoms with E-state index < -0.39 is 0 Å². The van der Waals surface area contributed by atoms with Crippen LogP contribution in [0.4, 0.5) is 0 Å². The van der Waals surface area contributed by atoms with Crippen LogP contribution < -0.4 is 0 Å². The second-order valence-electron chi connectivity index (χ2n) is 6.31. The maximum absolute atomic E-state index is 4.75. The molecule has 2 aromatic rings. The zero-order valence-corrected chi connectivity index (χ0v) is 11.9. The molecule has 2 heterocycles. The highest BCUT2D eigenvalue weighted by Crippen LogP contribution is 2.23. The minimum atomic E-state index is -0.0358. The van der Waals surface area contributed by atoms with Crippen LogP contribution in [0.3, 0.4) is 0 Å². The van der Waals surface area contributed by atoms with Gasteiger partial charge in [-0.2, -0.15) is 5.10 Å². The zero-order chi connectivity index (χ0) is 13.3. The molecule has 0 atom stereocenters. The van der Waals surface area contributed by atoms with Gasteiger partial charge in [-0.15, -0.1) is 0 Å². The van der Waals surface area contributed by atoms with Crippen molar-refractivity contribution in [3.05, 3.63) is 17.7 Å². The average Bonchev–Trinajstić information content (AvgIpc) is 2.72. The van der Waals surface area contributed by atoms with Crippen LogP contribution in [0.1, 0.15) is 52.6 Å². The quantitative estimate of drug-likeness (QED) is 0.904. The van der Waals surface area contributed by atoms with Gasteiger partial charge in [-0.3, -0.25) is 5.10 Å². The first kappa shape index (κ1) is 13.0. The molecular formula is C14H22N4. The summed E-state index contributed by atoms with van der Waals surface area (Å²) < 4.78 is 0. The van der Waals surface area contributed by atoms with Gasteiger partial charge < -0.3 is 0 Å². The molecule has 0 aliphatic carbocycles. The smallest absolute Gasteiger partial charge is 0.159 e. The Morgan fingerprint density at radius 2 is 1.94 bits per heavy atom. The van der Waals surface area contributed by atoms with Gasteiger partial charge in [-0.05, 0) is 18.8 Å². The average molecular weight is 246 g/mol. The largest absolute Gasteiger partial charge is 0.261 e. The Bertz CT molecular complexity index is 534. The standard InChI is InChI=1S/C14H22N4/c1-9(2)6-7-11-10-8-15-18-12(10)17-13(16-11)14(3,4)5/h8-9H,6-7H2,1-5H3,(H,15,16,17,18). The summed E-state index contributed by atoms with van der Waals surface area (Å²) in [7, 11) is 0. The van der Waals surface area contributed by atoms with Gasteiger partial charge >= 0.3 is 0 Å². The molecule has 0 bridgehead atoms. The van der Waals surface area contributed by atoms with E-state index in [2.05, 4.69) is 49.8 Å². The molecule has 0 aliphatic rings. The summed E-state index contributed by atoms with van der Waals surface area (Å²) in [5.74, 6) is 1.57. The summed E-state index contributed by atoms with van der Waals surface area (Å²) in [6.45, 7) is 10.9. The van der Waals surface area contributed by atoms with Gasteiger partial charge in [0.1, 0.15) is 5.82 Å². The third kappa shape index (κ3) is 2.68. The van der Waals surface area contributed by atoms with Crippen LogP contribution >= 0.6 is 0 Å². The Balaban J connectivity index is 2.45. The van der Waals surface area contributed by atoms with Crippen molar-refractivity contribution in [1.82, 2.24) is 20.2 Å². The highest BCUT2D eigenvalue weighted by atomic mass is 15.1. The molecule has 0 fully saturated rings. The van der Waals surface area contributed by atoms with E-state index in [0.717, 1.165) is 35.4 Å². The Morgan fingerprint density at radius 3 is 2.56 bits per heavy atom. The third-order valence-corrected chi connectivity index (χ3v) is 3.02. The Hall–Kier alpha value is -1.45. The van der Waals surface area contributed by atoms with E-state index in [-0.39, 0.29) is 5.41 Å². The van der Waals surface area contributed by atoms with Crippen LogP contribution in [0.2, 0.25) is 0 Å². The lowest BCUT2D eigenvalue weighted by Gasteiger charge is -2.17. The van der Waals surface area contributed by atoms with Crippen LogP contribution in [-0.2, 0) is 11.8 Å². The highest BCUT2D eigenvalue weighted by molar-refractivity contribution is 5.76. The predicted molar refractivity (Wildman–Crippen MR) is 73.5 cm³/mol. The van der Waals surface area contributed by atoms with Gasteiger partial charge in [0.05, 0.1) is 17.3 Å². The van der Waals surface area contributed by atoms with Crippen molar-refractivity contribution in [3.63, 3.8) is 0 Å². The molecule has 0 amide bonds. The topological polar surface area (TPSA) is 54.5 Å². The molecule has 2 rings (SSSR count). The van der Waals surface area contributed by atoms with Gasteiger partial charge in [0.2, 0.25) is 0 Å². The Kier molecular flexibility index (Phi) is 3.37. The molecule has 0 saturated heterocycles. The zero-order valence-electron chi connectivity index (χ0n) is 11.9. The molecule has 0 saturated carbocycles. The van der Waals surface area contributed by atoms with Crippen LogP contribution in [0, 0.1) is 5.92 Å². The van der Waals surface area contributed by atoms with E-state index in [4.69, 9.17) is 4.98 Å². The van der Waals surface area contributed by atoms with Crippen molar-refractivity contribution in [3.8, 4) is 0 Å². The van der Waals surface area contributed by atoms with Crippen LogP contribution in [0.25, 0.3) is 11.0 Å². The summed E-state index contributed by atoms with van der Waals surface area (Å²) >= 11 is 0. The van der Waals surface area contributed by atoms with Crippen molar-refractivity contribution in [2.24, 2.45) is 5.92 Å². The molecule has 0 aromatic carbocycles. The number of hydrogen-bond acceptors (Lipinski definition) is 3. The van der Waals surface area contributed by atoms with Crippen molar-refractivity contribution < 1.29 is 0 Å². The summed E-state index contributed by atoms with van der Waals surface area (Å²) in [6, 6.07) is 0. The van der Waals surface area contributed by atoms with E-state index in [1.807, 2.05) is 6.20 Å². The van der Waals surface area contributed by atoms with Crippen LogP contribution in [0.15, 0.2) is 6.20 Å². The SMILES string of the molecule is CC(C)CCc1nc(C(C)(C)C)nc2[nH]ncc12. The van der Waals surface area contributed by atoms with E-state index in [9.17, 15) is 0 Å². The minimum Gasteiger partial charge on any atom is -0.261 e. The summed E-state index contributed by atoms with van der Waals surface area (Å²) in [5.41, 5.74) is 1.94. The number of rotatable bonds is 3. The molecule has 18 heavy (non-hydrogen) atoms. The maximum Gasteiger partial charge on any atom is 0.159 e. The van der Waals surface area contributed by atoms with Crippen LogP contribution in [0.5, 0.6) is 0 Å². The van der Waals surface area contributed by atoms with E-state index in [1.165, 1.54) is 0 Å². The van der Waals surface area contributed by atoms with Crippen molar-refractivity contribution in [2.75, 3.05) is 0 Å². The third-order valence-electron chi connectivity index (χ3n) is 3.02. The number of nitrogens with zero attached hydrogens (tertiary/aromatic N) is 3. The summed E-state index contributed by atoms with van der Waals surface area (Å²) in [4.78, 5) is 9.31. The van der Waals surface area contributed by atoms with E-state index >= 15 is 0 Å². The summed E-state index contributed by atoms with van der Waals surface area (Å²) in [5, 5.41) is 8.10. The van der Waals surface area contributed by atoms with Crippen molar-refractivity contribution in [1.29, 1.82) is 0 Å². The maximum atomic E-state index is 4.75. The van der Waals surface area contributed by atoms with Gasteiger partial charge in [-0.25, -0.2) is 9.97 Å². The number of aromatic amines is 1. The fourth-order valence-electron chi connectivity index (χ4n) is 1.85. The van der Waals surface area contributed by atoms with Crippen molar-refractivity contribution >= 4 is 11.0 Å². The second-order valence-corrected chi connectivity index (χ2v) is 6.31. The van der Waals surface area contributed by atoms with Gasteiger partial charge in [0.15, 0.2) is 5.65 Å².